The zero-order chi connectivity index (χ0) is 14.3. The molecule has 5 heteroatoms. The van der Waals surface area contributed by atoms with Gasteiger partial charge in [0.2, 0.25) is 0 Å². The Morgan fingerprint density at radius 3 is 2.85 bits per heavy atom. The van der Waals surface area contributed by atoms with Crippen molar-refractivity contribution < 1.29 is 19.0 Å². The van der Waals surface area contributed by atoms with E-state index in [9.17, 15) is 14.3 Å². The van der Waals surface area contributed by atoms with Crippen molar-refractivity contribution in [1.29, 1.82) is 0 Å². The van der Waals surface area contributed by atoms with Crippen molar-refractivity contribution in [2.24, 2.45) is 11.3 Å². The van der Waals surface area contributed by atoms with E-state index in [1.807, 2.05) is 0 Å². The van der Waals surface area contributed by atoms with Crippen LogP contribution in [-0.4, -0.2) is 23.8 Å². The van der Waals surface area contributed by atoms with Crippen LogP contribution in [0.2, 0.25) is 5.02 Å². The molecule has 1 aromatic carbocycles. The van der Waals surface area contributed by atoms with E-state index in [0.29, 0.717) is 30.9 Å². The highest BCUT2D eigenvalue weighted by molar-refractivity contribution is 6.31. The minimum atomic E-state index is -0.928. The third kappa shape index (κ3) is 2.31. The van der Waals surface area contributed by atoms with Gasteiger partial charge in [-0.25, -0.2) is 4.39 Å². The van der Waals surface area contributed by atoms with Gasteiger partial charge in [0, 0.05) is 11.6 Å². The molecule has 0 bridgehead atoms. The Bertz CT molecular complexity index is 544. The van der Waals surface area contributed by atoms with Gasteiger partial charge in [0.25, 0.3) is 0 Å². The molecular formula is C15H16ClFO3. The SMILES string of the molecule is O=C(O)C1(Cc2ccc(F)cc2Cl)CCOC1C1CC1. The quantitative estimate of drug-likeness (QED) is 0.928. The molecule has 20 heavy (non-hydrogen) atoms. The average Bonchev–Trinajstić information content (AvgIpc) is 3.14. The second-order valence-corrected chi connectivity index (χ2v) is 6.16. The first-order chi connectivity index (χ1) is 9.53. The van der Waals surface area contributed by atoms with Gasteiger partial charge in [0.1, 0.15) is 11.2 Å². The number of carboxylic acid groups (broad SMARTS) is 1. The van der Waals surface area contributed by atoms with Gasteiger partial charge < -0.3 is 9.84 Å². The summed E-state index contributed by atoms with van der Waals surface area (Å²) in [5, 5.41) is 10.0. The lowest BCUT2D eigenvalue weighted by Gasteiger charge is -2.30. The molecule has 1 saturated carbocycles. The summed E-state index contributed by atoms with van der Waals surface area (Å²) in [6, 6.07) is 4.12. The van der Waals surface area contributed by atoms with E-state index < -0.39 is 17.2 Å². The monoisotopic (exact) mass is 298 g/mol. The fourth-order valence-electron chi connectivity index (χ4n) is 3.15. The molecule has 1 aliphatic heterocycles. The van der Waals surface area contributed by atoms with Gasteiger partial charge in [-0.1, -0.05) is 17.7 Å². The first-order valence-corrected chi connectivity index (χ1v) is 7.20. The molecule has 108 valence electrons. The van der Waals surface area contributed by atoms with Crippen molar-refractivity contribution in [2.75, 3.05) is 6.61 Å². The fourth-order valence-corrected chi connectivity index (χ4v) is 3.39. The molecule has 0 amide bonds. The molecule has 0 aromatic heterocycles. The number of carboxylic acids is 1. The van der Waals surface area contributed by atoms with Crippen LogP contribution in [0.15, 0.2) is 18.2 Å². The molecule has 2 atom stereocenters. The van der Waals surface area contributed by atoms with Crippen molar-refractivity contribution in [2.45, 2.75) is 31.8 Å². The first kappa shape index (κ1) is 13.8. The van der Waals surface area contributed by atoms with Gasteiger partial charge in [-0.05, 0) is 49.3 Å². The summed E-state index contributed by atoms with van der Waals surface area (Å²) in [7, 11) is 0. The van der Waals surface area contributed by atoms with E-state index in [4.69, 9.17) is 16.3 Å². The fraction of sp³-hybridized carbons (Fsp3) is 0.533. The molecule has 2 unspecified atom stereocenters. The van der Waals surface area contributed by atoms with Crippen LogP contribution < -0.4 is 0 Å². The molecular weight excluding hydrogens is 283 g/mol. The van der Waals surface area contributed by atoms with Crippen molar-refractivity contribution in [3.8, 4) is 0 Å². The Hall–Kier alpha value is -1.13. The molecule has 0 radical (unpaired) electrons. The molecule has 0 spiro atoms. The van der Waals surface area contributed by atoms with E-state index in [2.05, 4.69) is 0 Å². The van der Waals surface area contributed by atoms with E-state index in [1.54, 1.807) is 6.07 Å². The lowest BCUT2D eigenvalue weighted by atomic mass is 9.74. The molecule has 2 aliphatic rings. The summed E-state index contributed by atoms with van der Waals surface area (Å²) < 4.78 is 18.8. The second kappa shape index (κ2) is 5.01. The van der Waals surface area contributed by atoms with Crippen molar-refractivity contribution >= 4 is 17.6 Å². The maximum Gasteiger partial charge on any atom is 0.312 e. The molecule has 1 heterocycles. The van der Waals surface area contributed by atoms with Gasteiger partial charge in [-0.2, -0.15) is 0 Å². The lowest BCUT2D eigenvalue weighted by molar-refractivity contribution is -0.153. The lowest BCUT2D eigenvalue weighted by Crippen LogP contribution is -2.42. The summed E-state index contributed by atoms with van der Waals surface area (Å²) in [6.07, 6.45) is 2.58. The van der Waals surface area contributed by atoms with Crippen LogP contribution in [0.4, 0.5) is 4.39 Å². The molecule has 2 fully saturated rings. The summed E-state index contributed by atoms with van der Waals surface area (Å²) in [6.45, 7) is 0.465. The number of benzene rings is 1. The number of hydrogen-bond donors (Lipinski definition) is 1. The van der Waals surface area contributed by atoms with Crippen LogP contribution in [-0.2, 0) is 16.0 Å². The van der Waals surface area contributed by atoms with Crippen LogP contribution in [0.1, 0.15) is 24.8 Å². The zero-order valence-electron chi connectivity index (χ0n) is 10.9. The molecule has 1 N–H and O–H groups in total. The van der Waals surface area contributed by atoms with E-state index in [0.717, 1.165) is 12.8 Å². The Balaban J connectivity index is 1.92. The third-order valence-electron chi connectivity index (χ3n) is 4.39. The van der Waals surface area contributed by atoms with Gasteiger partial charge in [-0.15, -0.1) is 0 Å². The van der Waals surface area contributed by atoms with Crippen molar-refractivity contribution in [1.82, 2.24) is 0 Å². The third-order valence-corrected chi connectivity index (χ3v) is 4.74. The van der Waals surface area contributed by atoms with Crippen LogP contribution in [0, 0.1) is 17.2 Å². The molecule has 1 aromatic rings. The Kier molecular flexibility index (Phi) is 3.46. The van der Waals surface area contributed by atoms with E-state index >= 15 is 0 Å². The molecule has 1 aliphatic carbocycles. The summed E-state index contributed by atoms with van der Waals surface area (Å²) in [5.41, 5.74) is -0.255. The molecule has 1 saturated heterocycles. The minimum absolute atomic E-state index is 0.249. The maximum absolute atomic E-state index is 13.1. The zero-order valence-corrected chi connectivity index (χ0v) is 11.7. The highest BCUT2D eigenvalue weighted by Gasteiger charge is 2.55. The topological polar surface area (TPSA) is 46.5 Å². The average molecular weight is 299 g/mol. The molecule has 3 rings (SSSR count). The van der Waals surface area contributed by atoms with Crippen molar-refractivity contribution in [3.05, 3.63) is 34.6 Å². The summed E-state index contributed by atoms with van der Waals surface area (Å²) >= 11 is 6.04. The van der Waals surface area contributed by atoms with Gasteiger partial charge >= 0.3 is 5.97 Å². The summed E-state index contributed by atoms with van der Waals surface area (Å²) in [5.74, 6) is -0.912. The highest BCUT2D eigenvalue weighted by atomic mass is 35.5. The predicted molar refractivity (Wildman–Crippen MR) is 72.3 cm³/mol. The highest BCUT2D eigenvalue weighted by Crippen LogP contribution is 2.50. The summed E-state index contributed by atoms with van der Waals surface area (Å²) in [4.78, 5) is 11.9. The van der Waals surface area contributed by atoms with E-state index in [-0.39, 0.29) is 11.1 Å². The number of rotatable bonds is 4. The number of carbonyl (C=O) groups is 1. The minimum Gasteiger partial charge on any atom is -0.481 e. The number of halogens is 2. The van der Waals surface area contributed by atoms with Crippen molar-refractivity contribution in [3.63, 3.8) is 0 Å². The van der Waals surface area contributed by atoms with Gasteiger partial charge in [0.15, 0.2) is 0 Å². The Morgan fingerprint density at radius 2 is 2.25 bits per heavy atom. The normalized spacial score (nSPS) is 29.6. The van der Waals surface area contributed by atoms with Gasteiger partial charge in [-0.3, -0.25) is 4.79 Å². The molecule has 3 nitrogen and oxygen atoms in total. The second-order valence-electron chi connectivity index (χ2n) is 5.75. The van der Waals surface area contributed by atoms with Crippen LogP contribution in [0.3, 0.4) is 0 Å². The first-order valence-electron chi connectivity index (χ1n) is 6.82. The van der Waals surface area contributed by atoms with Gasteiger partial charge in [0.05, 0.1) is 6.10 Å². The number of aliphatic carboxylic acids is 1. The predicted octanol–water partition coefficient (Wildman–Crippen LogP) is 3.29. The smallest absolute Gasteiger partial charge is 0.312 e. The van der Waals surface area contributed by atoms with E-state index in [1.165, 1.54) is 12.1 Å². The number of hydrogen-bond acceptors (Lipinski definition) is 2. The Morgan fingerprint density at radius 1 is 1.50 bits per heavy atom. The Labute approximate surface area is 121 Å². The van der Waals surface area contributed by atoms with Crippen LogP contribution in [0.25, 0.3) is 0 Å². The standard InChI is InChI=1S/C15H16ClFO3/c16-12-7-11(17)4-3-10(12)8-15(14(18)19)5-6-20-13(15)9-1-2-9/h3-4,7,9,13H,1-2,5-6,8H2,(H,18,19). The van der Waals surface area contributed by atoms with Crippen LogP contribution >= 0.6 is 11.6 Å². The van der Waals surface area contributed by atoms with Crippen LogP contribution in [0.5, 0.6) is 0 Å². The maximum atomic E-state index is 13.1. The largest absolute Gasteiger partial charge is 0.481 e. The number of ether oxygens (including phenoxy) is 1.